The van der Waals surface area contributed by atoms with Gasteiger partial charge in [-0.25, -0.2) is 0 Å². The second kappa shape index (κ2) is 5.92. The first-order chi connectivity index (χ1) is 9.47. The Morgan fingerprint density at radius 1 is 1.45 bits per heavy atom. The molecule has 0 unspecified atom stereocenters. The summed E-state index contributed by atoms with van der Waals surface area (Å²) in [5.41, 5.74) is 0.665. The minimum atomic E-state index is -0.607. The summed E-state index contributed by atoms with van der Waals surface area (Å²) in [6.07, 6.45) is -0.448. The summed E-state index contributed by atoms with van der Waals surface area (Å²) >= 11 is 0. The molecule has 1 saturated heterocycles. The van der Waals surface area contributed by atoms with Gasteiger partial charge in [-0.3, -0.25) is 9.59 Å². The molecule has 1 aromatic carbocycles. The van der Waals surface area contributed by atoms with Crippen molar-refractivity contribution in [2.75, 3.05) is 18.0 Å². The third kappa shape index (κ3) is 3.27. The number of carbonyl (C=O) groups excluding carboxylic acids is 2. The van der Waals surface area contributed by atoms with Crippen molar-refractivity contribution in [1.82, 2.24) is 5.32 Å². The number of phenols is 1. The molecule has 0 spiro atoms. The lowest BCUT2D eigenvalue weighted by molar-refractivity contribution is -0.126. The van der Waals surface area contributed by atoms with Crippen LogP contribution in [0.1, 0.15) is 13.3 Å². The van der Waals surface area contributed by atoms with Gasteiger partial charge in [0.25, 0.3) is 0 Å². The van der Waals surface area contributed by atoms with Crippen LogP contribution in [-0.2, 0) is 9.59 Å². The molecule has 3 N–H and O–H groups in total. The number of nitrogens with one attached hydrogen (secondary N) is 1. The van der Waals surface area contributed by atoms with Gasteiger partial charge in [-0.1, -0.05) is 0 Å². The lowest BCUT2D eigenvalue weighted by atomic mass is 10.1. The van der Waals surface area contributed by atoms with Crippen LogP contribution in [-0.4, -0.2) is 41.2 Å². The highest BCUT2D eigenvalue weighted by Crippen LogP contribution is 2.26. The van der Waals surface area contributed by atoms with Crippen LogP contribution in [0.4, 0.5) is 5.69 Å². The van der Waals surface area contributed by atoms with Crippen molar-refractivity contribution >= 4 is 17.5 Å². The summed E-state index contributed by atoms with van der Waals surface area (Å²) in [4.78, 5) is 25.4. The highest BCUT2D eigenvalue weighted by molar-refractivity contribution is 6.00. The lowest BCUT2D eigenvalue weighted by Crippen LogP contribution is -2.36. The van der Waals surface area contributed by atoms with Gasteiger partial charge in [0.1, 0.15) is 5.75 Å². The molecule has 1 aliphatic heterocycles. The minimum Gasteiger partial charge on any atom is -0.508 e. The number of hydrogen-bond donors (Lipinski definition) is 3. The van der Waals surface area contributed by atoms with Crippen LogP contribution in [0, 0.1) is 5.92 Å². The van der Waals surface area contributed by atoms with Crippen molar-refractivity contribution < 1.29 is 19.8 Å². The standard InChI is InChI=1S/C14H18N2O4/c1-9(17)7-15-14(20)10-6-13(19)16(8-10)11-2-4-12(18)5-3-11/h2-5,9-10,17-18H,6-8H2,1H3,(H,15,20)/t9-,10-/m1/s1. The first-order valence-electron chi connectivity index (χ1n) is 6.52. The largest absolute Gasteiger partial charge is 0.508 e. The Balaban J connectivity index is 2.00. The Bertz CT molecular complexity index is 498. The molecule has 2 rings (SSSR count). The maximum Gasteiger partial charge on any atom is 0.227 e. The molecular weight excluding hydrogens is 260 g/mol. The summed E-state index contributed by atoms with van der Waals surface area (Å²) in [5, 5.41) is 21.0. The van der Waals surface area contributed by atoms with Crippen LogP contribution in [0.15, 0.2) is 24.3 Å². The highest BCUT2D eigenvalue weighted by atomic mass is 16.3. The second-order valence-electron chi connectivity index (χ2n) is 5.02. The molecule has 0 bridgehead atoms. The predicted molar refractivity (Wildman–Crippen MR) is 73.3 cm³/mol. The molecule has 1 heterocycles. The van der Waals surface area contributed by atoms with Gasteiger partial charge in [0, 0.05) is 25.2 Å². The molecule has 0 radical (unpaired) electrons. The van der Waals surface area contributed by atoms with E-state index in [1.54, 1.807) is 19.1 Å². The Morgan fingerprint density at radius 2 is 2.10 bits per heavy atom. The third-order valence-electron chi connectivity index (χ3n) is 3.23. The van der Waals surface area contributed by atoms with E-state index in [4.69, 9.17) is 5.11 Å². The number of benzene rings is 1. The van der Waals surface area contributed by atoms with Crippen LogP contribution in [0.5, 0.6) is 5.75 Å². The van der Waals surface area contributed by atoms with E-state index in [1.807, 2.05) is 0 Å². The summed E-state index contributed by atoms with van der Waals surface area (Å²) in [6.45, 7) is 2.08. The molecule has 2 atom stereocenters. The van der Waals surface area contributed by atoms with Crippen molar-refractivity contribution in [3.8, 4) is 5.75 Å². The third-order valence-corrected chi connectivity index (χ3v) is 3.23. The number of carbonyl (C=O) groups is 2. The summed E-state index contributed by atoms with van der Waals surface area (Å²) in [7, 11) is 0. The zero-order valence-electron chi connectivity index (χ0n) is 11.2. The topological polar surface area (TPSA) is 89.9 Å². The maximum absolute atomic E-state index is 11.9. The molecule has 108 valence electrons. The monoisotopic (exact) mass is 278 g/mol. The normalized spacial score (nSPS) is 20.0. The van der Waals surface area contributed by atoms with E-state index in [-0.39, 0.29) is 30.5 Å². The molecule has 2 amide bonds. The van der Waals surface area contributed by atoms with Crippen LogP contribution < -0.4 is 10.2 Å². The Morgan fingerprint density at radius 3 is 2.70 bits per heavy atom. The molecule has 1 aliphatic rings. The fraction of sp³-hybridized carbons (Fsp3) is 0.429. The van der Waals surface area contributed by atoms with E-state index in [0.29, 0.717) is 12.2 Å². The molecule has 6 heteroatoms. The molecule has 0 saturated carbocycles. The van der Waals surface area contributed by atoms with Crippen molar-refractivity contribution in [2.24, 2.45) is 5.92 Å². The minimum absolute atomic E-state index is 0.118. The molecule has 0 aliphatic carbocycles. The Kier molecular flexibility index (Phi) is 4.24. The number of nitrogens with zero attached hydrogens (tertiary/aromatic N) is 1. The molecule has 1 aromatic rings. The van der Waals surface area contributed by atoms with Gasteiger partial charge >= 0.3 is 0 Å². The Labute approximate surface area is 117 Å². The van der Waals surface area contributed by atoms with E-state index in [9.17, 15) is 14.7 Å². The first-order valence-corrected chi connectivity index (χ1v) is 6.52. The van der Waals surface area contributed by atoms with Crippen molar-refractivity contribution in [3.63, 3.8) is 0 Å². The van der Waals surface area contributed by atoms with E-state index in [0.717, 1.165) is 0 Å². The second-order valence-corrected chi connectivity index (χ2v) is 5.02. The van der Waals surface area contributed by atoms with Gasteiger partial charge in [-0.15, -0.1) is 0 Å². The number of aromatic hydroxyl groups is 1. The SMILES string of the molecule is C[C@@H](O)CNC(=O)[C@@H]1CC(=O)N(c2ccc(O)cc2)C1. The fourth-order valence-electron chi connectivity index (χ4n) is 2.16. The highest BCUT2D eigenvalue weighted by Gasteiger charge is 2.34. The van der Waals surface area contributed by atoms with Crippen LogP contribution in [0.3, 0.4) is 0 Å². The van der Waals surface area contributed by atoms with Gasteiger partial charge < -0.3 is 20.4 Å². The predicted octanol–water partition coefficient (Wildman–Crippen LogP) is 0.242. The number of phenolic OH excluding ortho intramolecular Hbond substituents is 1. The quantitative estimate of drug-likeness (QED) is 0.736. The molecule has 1 fully saturated rings. The zero-order chi connectivity index (χ0) is 14.7. The van der Waals surface area contributed by atoms with Crippen LogP contribution in [0.2, 0.25) is 0 Å². The first kappa shape index (κ1) is 14.3. The van der Waals surface area contributed by atoms with E-state index in [1.165, 1.54) is 17.0 Å². The number of aliphatic hydroxyl groups excluding tert-OH is 1. The van der Waals surface area contributed by atoms with Gasteiger partial charge in [0.05, 0.1) is 12.0 Å². The molecular formula is C14H18N2O4. The van der Waals surface area contributed by atoms with Gasteiger partial charge in [0.15, 0.2) is 0 Å². The fourth-order valence-corrected chi connectivity index (χ4v) is 2.16. The summed E-state index contributed by atoms with van der Waals surface area (Å²) in [6, 6.07) is 6.29. The lowest BCUT2D eigenvalue weighted by Gasteiger charge is -2.17. The number of aliphatic hydroxyl groups is 1. The Hall–Kier alpha value is -2.08. The summed E-state index contributed by atoms with van der Waals surface area (Å²) < 4.78 is 0. The average molecular weight is 278 g/mol. The maximum atomic E-state index is 11.9. The summed E-state index contributed by atoms with van der Waals surface area (Å²) in [5.74, 6) is -0.616. The van der Waals surface area contributed by atoms with Crippen molar-refractivity contribution in [1.29, 1.82) is 0 Å². The smallest absolute Gasteiger partial charge is 0.227 e. The van der Waals surface area contributed by atoms with E-state index < -0.39 is 12.0 Å². The number of anilines is 1. The molecule has 0 aromatic heterocycles. The van der Waals surface area contributed by atoms with Gasteiger partial charge in [0.2, 0.25) is 11.8 Å². The van der Waals surface area contributed by atoms with Crippen molar-refractivity contribution in [3.05, 3.63) is 24.3 Å². The van der Waals surface area contributed by atoms with Gasteiger partial charge in [-0.2, -0.15) is 0 Å². The van der Waals surface area contributed by atoms with Gasteiger partial charge in [-0.05, 0) is 31.2 Å². The van der Waals surface area contributed by atoms with Crippen LogP contribution >= 0.6 is 0 Å². The van der Waals surface area contributed by atoms with E-state index >= 15 is 0 Å². The number of hydrogen-bond acceptors (Lipinski definition) is 4. The number of amides is 2. The molecule has 20 heavy (non-hydrogen) atoms. The number of rotatable bonds is 4. The zero-order valence-corrected chi connectivity index (χ0v) is 11.2. The average Bonchev–Trinajstić information content (AvgIpc) is 2.79. The van der Waals surface area contributed by atoms with Crippen LogP contribution in [0.25, 0.3) is 0 Å². The van der Waals surface area contributed by atoms with Crippen molar-refractivity contribution in [2.45, 2.75) is 19.4 Å². The van der Waals surface area contributed by atoms with E-state index in [2.05, 4.69) is 5.32 Å². The molecule has 6 nitrogen and oxygen atoms in total.